The molecule has 5 heteroatoms. The zero-order chi connectivity index (χ0) is 14.9. The summed E-state index contributed by atoms with van der Waals surface area (Å²) in [5, 5.41) is 1.93. The van der Waals surface area contributed by atoms with Gasteiger partial charge in [-0.05, 0) is 0 Å². The van der Waals surface area contributed by atoms with E-state index in [2.05, 4.69) is 74.8 Å². The van der Waals surface area contributed by atoms with Gasteiger partial charge in [0, 0.05) is 0 Å². The molecule has 1 aromatic carbocycles. The van der Waals surface area contributed by atoms with E-state index < -0.39 is 38.1 Å². The molecule has 1 fully saturated rings. The van der Waals surface area contributed by atoms with E-state index in [9.17, 15) is 0 Å². The van der Waals surface area contributed by atoms with E-state index in [0.717, 1.165) is 0 Å². The maximum Gasteiger partial charge on any atom is -1.00 e. The van der Waals surface area contributed by atoms with E-state index in [1.807, 2.05) is 8.53 Å². The molecule has 1 heterocycles. The van der Waals surface area contributed by atoms with Gasteiger partial charge in [-0.2, -0.15) is 0 Å². The summed E-state index contributed by atoms with van der Waals surface area (Å²) in [5.74, 6) is 0. The summed E-state index contributed by atoms with van der Waals surface area (Å²) in [6.07, 6.45) is 11.0. The monoisotopic (exact) mass is 544 g/mol. The van der Waals surface area contributed by atoms with Crippen molar-refractivity contribution in [2.45, 2.75) is 35.4 Å². The zero-order valence-electron chi connectivity index (χ0n) is 14.1. The normalized spacial score (nSPS) is 27.3. The minimum atomic E-state index is -1.19. The molecule has 2 aliphatic carbocycles. The fourth-order valence-electron chi connectivity index (χ4n) is 4.51. The number of hydrogen-bond donors (Lipinski definition) is 0. The molecule has 0 bridgehead atoms. The third-order valence-electron chi connectivity index (χ3n) is 6.36. The van der Waals surface area contributed by atoms with E-state index in [-0.39, 0.29) is 24.8 Å². The number of fused-ring (bicyclic) bond motifs is 3. The van der Waals surface area contributed by atoms with Gasteiger partial charge in [-0.3, -0.25) is 0 Å². The Labute approximate surface area is 165 Å². The van der Waals surface area contributed by atoms with Crippen LogP contribution in [0.5, 0.6) is 0 Å². The largest absolute Gasteiger partial charge is 1.00 e. The zero-order valence-corrected chi connectivity index (χ0v) is 21.2. The van der Waals surface area contributed by atoms with Crippen molar-refractivity contribution in [2.75, 3.05) is 0 Å². The van der Waals surface area contributed by atoms with Gasteiger partial charge >= 0.3 is 142 Å². The number of allylic oxidation sites excluding steroid dienone is 5. The van der Waals surface area contributed by atoms with Crippen molar-refractivity contribution in [2.24, 2.45) is 0 Å². The topological polar surface area (TPSA) is 0 Å². The Bertz CT molecular complexity index is 734. The Morgan fingerprint density at radius 3 is 2.39 bits per heavy atom. The van der Waals surface area contributed by atoms with Crippen molar-refractivity contribution >= 4 is 21.3 Å². The standard InChI is InChI=1S/C13H17Si2.C5H5.2ClH.Hf/c1-14(2)12-9-10-7-5-6-8-11(10)13(12)15(14,3)4;1-2-4-5-3-1;;;/h5-9H,1-4H3;1-3H,4H2;2*1H;/q;;;;+2/p-2. The fourth-order valence-corrected chi connectivity index (χ4v) is 43.8. The van der Waals surface area contributed by atoms with Gasteiger partial charge in [0.05, 0.1) is 0 Å². The first-order valence-corrected chi connectivity index (χ1v) is 18.5. The quantitative estimate of drug-likeness (QED) is 0.411. The first kappa shape index (κ1) is 19.6. The molecule has 1 atom stereocenters. The molecule has 1 aromatic rings. The van der Waals surface area contributed by atoms with Crippen molar-refractivity contribution in [3.63, 3.8) is 0 Å². The molecule has 3 aliphatic rings. The van der Waals surface area contributed by atoms with Crippen LogP contribution in [0.3, 0.4) is 0 Å². The molecule has 0 nitrogen and oxygen atoms in total. The SMILES string of the molecule is C[Si]1(C)C2=Cc3ccccc3[C]2([Hf+2][C]2=CC=CC2)[Si]1(C)C.[Cl-].[Cl-]. The van der Waals surface area contributed by atoms with Gasteiger partial charge in [0.25, 0.3) is 0 Å². The van der Waals surface area contributed by atoms with Crippen LogP contribution in [0.1, 0.15) is 17.5 Å². The molecule has 0 saturated carbocycles. The molecule has 23 heavy (non-hydrogen) atoms. The Kier molecular flexibility index (Phi) is 5.33. The van der Waals surface area contributed by atoms with Crippen LogP contribution in [0.4, 0.5) is 0 Å². The van der Waals surface area contributed by atoms with E-state index >= 15 is 0 Å². The molecule has 0 amide bonds. The molecule has 4 rings (SSSR count). The van der Waals surface area contributed by atoms with Gasteiger partial charge < -0.3 is 24.8 Å². The summed E-state index contributed by atoms with van der Waals surface area (Å²) in [6, 6.07) is 9.33. The molecular formula is C18H22Cl2HfSi2. The summed E-state index contributed by atoms with van der Waals surface area (Å²) >= 11 is -0.857. The van der Waals surface area contributed by atoms with E-state index in [4.69, 9.17) is 0 Å². The van der Waals surface area contributed by atoms with E-state index in [1.165, 1.54) is 6.42 Å². The van der Waals surface area contributed by atoms with Gasteiger partial charge in [-0.1, -0.05) is 0 Å². The Morgan fingerprint density at radius 1 is 1.04 bits per heavy atom. The van der Waals surface area contributed by atoms with Crippen molar-refractivity contribution in [1.82, 2.24) is 0 Å². The smallest absolute Gasteiger partial charge is 1.00 e. The molecular weight excluding hydrogens is 522 g/mol. The second-order valence-electron chi connectivity index (χ2n) is 7.59. The summed E-state index contributed by atoms with van der Waals surface area (Å²) in [6.45, 7) is 10.7. The van der Waals surface area contributed by atoms with Crippen LogP contribution in [-0.4, -0.2) is 15.2 Å². The maximum atomic E-state index is 2.72. The molecule has 1 aliphatic heterocycles. The van der Waals surface area contributed by atoms with Gasteiger partial charge in [0.15, 0.2) is 0 Å². The van der Waals surface area contributed by atoms with Crippen molar-refractivity contribution in [3.05, 3.63) is 62.1 Å². The Balaban J connectivity index is 0.000000960. The van der Waals surface area contributed by atoms with Crippen molar-refractivity contribution in [3.8, 4) is 0 Å². The van der Waals surface area contributed by atoms with Crippen molar-refractivity contribution in [1.29, 1.82) is 0 Å². The average Bonchev–Trinajstić information content (AvgIpc) is 3.05. The van der Waals surface area contributed by atoms with Gasteiger partial charge in [-0.15, -0.1) is 0 Å². The van der Waals surface area contributed by atoms with Crippen molar-refractivity contribution < 1.29 is 47.7 Å². The summed E-state index contributed by atoms with van der Waals surface area (Å²) < 4.78 is 2.44. The first-order valence-electron chi connectivity index (χ1n) is 7.87. The molecule has 0 spiro atoms. The minimum Gasteiger partial charge on any atom is -1.00 e. The minimum absolute atomic E-state index is 0. The Morgan fingerprint density at radius 2 is 1.74 bits per heavy atom. The van der Waals surface area contributed by atoms with Crippen LogP contribution in [0, 0.1) is 0 Å². The second kappa shape index (κ2) is 6.24. The van der Waals surface area contributed by atoms with Gasteiger partial charge in [0.1, 0.15) is 0 Å². The number of benzene rings is 1. The molecule has 1 unspecified atom stereocenters. The summed E-state index contributed by atoms with van der Waals surface area (Å²) in [4.78, 5) is 0. The average molecular weight is 544 g/mol. The van der Waals surface area contributed by atoms with Crippen LogP contribution in [0.2, 0.25) is 26.2 Å². The van der Waals surface area contributed by atoms with E-state index in [1.54, 1.807) is 11.1 Å². The van der Waals surface area contributed by atoms with Gasteiger partial charge in [-0.25, -0.2) is 0 Å². The molecule has 0 N–H and O–H groups in total. The first-order chi connectivity index (χ1) is 9.91. The summed E-state index contributed by atoms with van der Waals surface area (Å²) in [5.41, 5.74) is 3.30. The molecule has 1 saturated heterocycles. The number of halogens is 2. The number of rotatable bonds is 2. The molecule has 0 radical (unpaired) electrons. The maximum absolute atomic E-state index is 2.72. The van der Waals surface area contributed by atoms with Crippen LogP contribution < -0.4 is 24.8 Å². The third kappa shape index (κ3) is 2.30. The van der Waals surface area contributed by atoms with Crippen LogP contribution in [0.25, 0.3) is 6.08 Å². The predicted octanol–water partition coefficient (Wildman–Crippen LogP) is -1.20. The molecule has 120 valence electrons. The summed E-state index contributed by atoms with van der Waals surface area (Å²) in [7, 11) is -2.34. The van der Waals surface area contributed by atoms with E-state index in [0.29, 0.717) is 2.79 Å². The fraction of sp³-hybridized carbons (Fsp3) is 0.333. The molecule has 0 aromatic heterocycles. The van der Waals surface area contributed by atoms with Gasteiger partial charge in [0.2, 0.25) is 0 Å². The number of hydrogen-bond acceptors (Lipinski definition) is 0. The Hall–Kier alpha value is 0.324. The third-order valence-corrected chi connectivity index (χ3v) is 42.4. The predicted molar refractivity (Wildman–Crippen MR) is 92.9 cm³/mol. The van der Waals surface area contributed by atoms with Crippen LogP contribution in [0.15, 0.2) is 51.0 Å². The second-order valence-corrected chi connectivity index (χ2v) is 30.6. The van der Waals surface area contributed by atoms with Crippen LogP contribution in [-0.2, 0) is 25.7 Å². The van der Waals surface area contributed by atoms with Crippen LogP contribution >= 0.6 is 0 Å².